The topological polar surface area (TPSA) is 25.0 Å². The van der Waals surface area contributed by atoms with Gasteiger partial charge >= 0.3 is 0 Å². The summed E-state index contributed by atoms with van der Waals surface area (Å²) in [5, 5.41) is 1.18. The van der Waals surface area contributed by atoms with Crippen LogP contribution in [0.5, 0.6) is 5.75 Å². The summed E-state index contributed by atoms with van der Waals surface area (Å²) < 4.78 is 5.15. The summed E-state index contributed by atoms with van der Waals surface area (Å²) in [4.78, 5) is 3.11. The largest absolute Gasteiger partial charge is 0.495 e. The fourth-order valence-corrected chi connectivity index (χ4v) is 1.23. The molecule has 0 atom stereocenters. The minimum Gasteiger partial charge on any atom is -0.495 e. The molecule has 2 rings (SSSR count). The Morgan fingerprint density at radius 2 is 1.92 bits per heavy atom. The minimum absolute atomic E-state index is 0.896. The van der Waals surface area contributed by atoms with Crippen LogP contribution < -0.4 is 4.74 Å². The van der Waals surface area contributed by atoms with Crippen molar-refractivity contribution in [1.29, 1.82) is 0 Å². The van der Waals surface area contributed by atoms with Crippen molar-refractivity contribution in [3.05, 3.63) is 30.5 Å². The Balaban J connectivity index is 0.000000396. The Bertz CT molecular complexity index is 365. The lowest BCUT2D eigenvalue weighted by Gasteiger charge is -1.99. The Labute approximate surface area is 78.5 Å². The first-order valence-corrected chi connectivity index (χ1v) is 4.52. The van der Waals surface area contributed by atoms with Gasteiger partial charge in [0.15, 0.2) is 0 Å². The zero-order valence-corrected chi connectivity index (χ0v) is 8.29. The molecule has 0 radical (unpaired) electrons. The average molecular weight is 177 g/mol. The predicted octanol–water partition coefficient (Wildman–Crippen LogP) is 3.20. The van der Waals surface area contributed by atoms with Crippen molar-refractivity contribution in [3.63, 3.8) is 0 Å². The number of rotatable bonds is 1. The van der Waals surface area contributed by atoms with Crippen LogP contribution in [0.25, 0.3) is 10.9 Å². The normalized spacial score (nSPS) is 9.15. The first-order chi connectivity index (χ1) is 6.42. The summed E-state index contributed by atoms with van der Waals surface area (Å²) in [6.45, 7) is 4.00. The summed E-state index contributed by atoms with van der Waals surface area (Å²) in [5.41, 5.74) is 1.06. The number of H-pyrrole nitrogens is 1. The molecule has 2 nitrogen and oxygen atoms in total. The zero-order chi connectivity index (χ0) is 9.68. The first-order valence-electron chi connectivity index (χ1n) is 4.52. The third kappa shape index (κ3) is 1.83. The molecule has 70 valence electrons. The van der Waals surface area contributed by atoms with Crippen molar-refractivity contribution in [1.82, 2.24) is 4.98 Å². The van der Waals surface area contributed by atoms with Crippen LogP contribution in [-0.2, 0) is 0 Å². The molecule has 0 saturated heterocycles. The van der Waals surface area contributed by atoms with E-state index in [4.69, 9.17) is 4.74 Å². The lowest BCUT2D eigenvalue weighted by atomic mass is 10.2. The number of aromatic amines is 1. The van der Waals surface area contributed by atoms with Crippen LogP contribution in [0.1, 0.15) is 13.8 Å². The molecule has 0 unspecified atom stereocenters. The maximum Gasteiger partial charge on any atom is 0.142 e. The van der Waals surface area contributed by atoms with Crippen LogP contribution in [0.4, 0.5) is 0 Å². The van der Waals surface area contributed by atoms with Crippen molar-refractivity contribution in [2.24, 2.45) is 0 Å². The number of aromatic nitrogens is 1. The van der Waals surface area contributed by atoms with Crippen LogP contribution >= 0.6 is 0 Å². The molecular weight excluding hydrogens is 162 g/mol. The highest BCUT2D eigenvalue weighted by atomic mass is 16.5. The lowest BCUT2D eigenvalue weighted by molar-refractivity contribution is 0.419. The molecule has 0 aliphatic carbocycles. The van der Waals surface area contributed by atoms with E-state index in [1.54, 1.807) is 7.11 Å². The number of hydrogen-bond acceptors (Lipinski definition) is 1. The lowest BCUT2D eigenvalue weighted by Crippen LogP contribution is -1.82. The van der Waals surface area contributed by atoms with Gasteiger partial charge in [-0.15, -0.1) is 0 Å². The fourth-order valence-electron chi connectivity index (χ4n) is 1.23. The fraction of sp³-hybridized carbons (Fsp3) is 0.273. The van der Waals surface area contributed by atoms with Crippen LogP contribution in [0.15, 0.2) is 30.5 Å². The zero-order valence-electron chi connectivity index (χ0n) is 8.29. The molecule has 0 bridgehead atoms. The van der Waals surface area contributed by atoms with Gasteiger partial charge in [-0.05, 0) is 12.1 Å². The van der Waals surface area contributed by atoms with Gasteiger partial charge in [-0.3, -0.25) is 0 Å². The molecule has 0 saturated carbocycles. The molecule has 1 heterocycles. The standard InChI is InChI=1S/C9H9NO.C2H6/c1-11-8-4-2-3-7-5-6-10-9(7)8;1-2/h2-6,10H,1H3;1-2H3. The van der Waals surface area contributed by atoms with Crippen molar-refractivity contribution in [3.8, 4) is 5.75 Å². The van der Waals surface area contributed by atoms with E-state index in [-0.39, 0.29) is 0 Å². The monoisotopic (exact) mass is 177 g/mol. The van der Waals surface area contributed by atoms with E-state index in [0.717, 1.165) is 11.3 Å². The first kappa shape index (κ1) is 9.65. The molecule has 1 aromatic carbocycles. The van der Waals surface area contributed by atoms with Crippen LogP contribution in [0.2, 0.25) is 0 Å². The number of para-hydroxylation sites is 1. The Morgan fingerprint density at radius 3 is 2.62 bits per heavy atom. The third-order valence-corrected chi connectivity index (χ3v) is 1.77. The van der Waals surface area contributed by atoms with E-state index in [1.807, 2.05) is 44.3 Å². The van der Waals surface area contributed by atoms with E-state index in [9.17, 15) is 0 Å². The SMILES string of the molecule is CC.COc1cccc2cc[nH]c12. The van der Waals surface area contributed by atoms with Gasteiger partial charge in [-0.1, -0.05) is 26.0 Å². The average Bonchev–Trinajstić information content (AvgIpc) is 2.68. The van der Waals surface area contributed by atoms with Crippen molar-refractivity contribution < 1.29 is 4.74 Å². The molecule has 1 N–H and O–H groups in total. The third-order valence-electron chi connectivity index (χ3n) is 1.77. The Kier molecular flexibility index (Phi) is 3.38. The second kappa shape index (κ2) is 4.55. The number of ether oxygens (including phenoxy) is 1. The highest BCUT2D eigenvalue weighted by molar-refractivity contribution is 5.84. The molecule has 0 aliphatic rings. The van der Waals surface area contributed by atoms with Crippen LogP contribution in [0, 0.1) is 0 Å². The van der Waals surface area contributed by atoms with Gasteiger partial charge < -0.3 is 9.72 Å². The van der Waals surface area contributed by atoms with E-state index < -0.39 is 0 Å². The minimum atomic E-state index is 0.896. The molecule has 0 aliphatic heterocycles. The number of hydrogen-bond donors (Lipinski definition) is 1. The summed E-state index contributed by atoms with van der Waals surface area (Å²) in [6.07, 6.45) is 1.91. The number of nitrogens with one attached hydrogen (secondary N) is 1. The van der Waals surface area contributed by atoms with E-state index in [0.29, 0.717) is 0 Å². The summed E-state index contributed by atoms with van der Waals surface area (Å²) >= 11 is 0. The maximum atomic E-state index is 5.15. The van der Waals surface area contributed by atoms with Crippen LogP contribution in [-0.4, -0.2) is 12.1 Å². The Morgan fingerprint density at radius 1 is 1.15 bits per heavy atom. The van der Waals surface area contributed by atoms with E-state index in [1.165, 1.54) is 5.39 Å². The summed E-state index contributed by atoms with van der Waals surface area (Å²) in [6, 6.07) is 8.00. The van der Waals surface area contributed by atoms with Gasteiger partial charge in [0.05, 0.1) is 12.6 Å². The van der Waals surface area contributed by atoms with Crippen molar-refractivity contribution in [2.75, 3.05) is 7.11 Å². The Hall–Kier alpha value is -1.44. The highest BCUT2D eigenvalue weighted by Gasteiger charge is 1.98. The maximum absolute atomic E-state index is 5.15. The van der Waals surface area contributed by atoms with Crippen molar-refractivity contribution in [2.45, 2.75) is 13.8 Å². The molecule has 1 aromatic heterocycles. The highest BCUT2D eigenvalue weighted by Crippen LogP contribution is 2.22. The molecule has 0 spiro atoms. The van der Waals surface area contributed by atoms with E-state index in [2.05, 4.69) is 4.98 Å². The van der Waals surface area contributed by atoms with Gasteiger partial charge in [0.25, 0.3) is 0 Å². The molecule has 2 heteroatoms. The van der Waals surface area contributed by atoms with Gasteiger partial charge in [-0.2, -0.15) is 0 Å². The van der Waals surface area contributed by atoms with Gasteiger partial charge in [0, 0.05) is 11.6 Å². The second-order valence-electron chi connectivity index (χ2n) is 2.40. The smallest absolute Gasteiger partial charge is 0.142 e. The van der Waals surface area contributed by atoms with Gasteiger partial charge in [0.1, 0.15) is 5.75 Å². The summed E-state index contributed by atoms with van der Waals surface area (Å²) in [5.74, 6) is 0.896. The number of fused-ring (bicyclic) bond motifs is 1. The predicted molar refractivity (Wildman–Crippen MR) is 56.2 cm³/mol. The molecule has 13 heavy (non-hydrogen) atoms. The quantitative estimate of drug-likeness (QED) is 0.710. The molecule has 0 amide bonds. The molecule has 2 aromatic rings. The summed E-state index contributed by atoms with van der Waals surface area (Å²) in [7, 11) is 1.68. The molecular formula is C11H15NO. The second-order valence-corrected chi connectivity index (χ2v) is 2.40. The number of methoxy groups -OCH3 is 1. The van der Waals surface area contributed by atoms with Crippen LogP contribution in [0.3, 0.4) is 0 Å². The van der Waals surface area contributed by atoms with Gasteiger partial charge in [-0.25, -0.2) is 0 Å². The van der Waals surface area contributed by atoms with E-state index >= 15 is 0 Å². The molecule has 0 fully saturated rings. The van der Waals surface area contributed by atoms with Crippen molar-refractivity contribution >= 4 is 10.9 Å². The number of benzene rings is 1. The van der Waals surface area contributed by atoms with Gasteiger partial charge in [0.2, 0.25) is 0 Å².